The average Bonchev–Trinajstić information content (AvgIpc) is 3.52. The minimum Gasteiger partial charge on any atom is -0.384 e. The Balaban J connectivity index is 1.34. The number of benzene rings is 3. The van der Waals surface area contributed by atoms with Gasteiger partial charge in [0.05, 0.1) is 6.04 Å². The average molecular weight is 540 g/mol. The zero-order chi connectivity index (χ0) is 28.3. The Bertz CT molecular complexity index is 1390. The fourth-order valence-corrected chi connectivity index (χ4v) is 4.10. The third kappa shape index (κ3) is 8.05. The summed E-state index contributed by atoms with van der Waals surface area (Å²) in [5.41, 5.74) is 9.94. The largest absolute Gasteiger partial charge is 0.384 e. The number of aromatic amines is 1. The lowest BCUT2D eigenvalue weighted by Crippen LogP contribution is -2.51. The molecule has 0 unspecified atom stereocenters. The Hall–Kier alpha value is -4.90. The molecule has 7 N–H and O–H groups in total. The van der Waals surface area contributed by atoms with Crippen molar-refractivity contribution in [2.75, 3.05) is 0 Å². The van der Waals surface area contributed by atoms with Crippen LogP contribution in [0.1, 0.15) is 35.6 Å². The summed E-state index contributed by atoms with van der Waals surface area (Å²) < 4.78 is 0. The second-order valence-electron chi connectivity index (χ2n) is 9.45. The summed E-state index contributed by atoms with van der Waals surface area (Å²) in [6.45, 7) is 2.43. The molecule has 0 saturated carbocycles. The van der Waals surface area contributed by atoms with E-state index in [1.807, 2.05) is 54.6 Å². The highest BCUT2D eigenvalue weighted by Gasteiger charge is 2.22. The molecule has 0 saturated heterocycles. The Labute approximate surface area is 232 Å². The number of carbonyl (C=O) groups is 2. The van der Waals surface area contributed by atoms with Crippen LogP contribution < -0.4 is 21.7 Å². The van der Waals surface area contributed by atoms with Crippen molar-refractivity contribution in [2.24, 2.45) is 5.73 Å². The molecule has 0 spiro atoms. The molecule has 206 valence electrons. The molecule has 11 nitrogen and oxygen atoms in total. The van der Waals surface area contributed by atoms with E-state index in [1.54, 1.807) is 31.2 Å². The van der Waals surface area contributed by atoms with Gasteiger partial charge in [0.2, 0.25) is 17.6 Å². The van der Waals surface area contributed by atoms with Crippen molar-refractivity contribution in [1.29, 1.82) is 5.41 Å². The highest BCUT2D eigenvalue weighted by Crippen LogP contribution is 2.14. The summed E-state index contributed by atoms with van der Waals surface area (Å²) in [4.78, 5) is 26.0. The van der Waals surface area contributed by atoms with Gasteiger partial charge in [-0.25, -0.2) is 0 Å². The van der Waals surface area contributed by atoms with Crippen LogP contribution in [0.3, 0.4) is 0 Å². The minimum atomic E-state index is -0.723. The van der Waals surface area contributed by atoms with Crippen LogP contribution in [0.5, 0.6) is 0 Å². The summed E-state index contributed by atoms with van der Waals surface area (Å²) in [5, 5.41) is 30.5. The molecule has 2 amide bonds. The highest BCUT2D eigenvalue weighted by atomic mass is 16.2. The predicted octanol–water partition coefficient (Wildman–Crippen LogP) is 2.06. The third-order valence-corrected chi connectivity index (χ3v) is 6.47. The number of nitrogen functional groups attached to an aromatic ring is 1. The number of carbonyl (C=O) groups excluding carboxylic acids is 2. The number of aromatic nitrogens is 4. The van der Waals surface area contributed by atoms with Crippen molar-refractivity contribution in [1.82, 2.24) is 36.6 Å². The first-order valence-electron chi connectivity index (χ1n) is 13.0. The van der Waals surface area contributed by atoms with Crippen LogP contribution in [0.15, 0.2) is 78.9 Å². The summed E-state index contributed by atoms with van der Waals surface area (Å²) in [7, 11) is 0. The molecule has 1 heterocycles. The first-order valence-corrected chi connectivity index (χ1v) is 13.0. The zero-order valence-corrected chi connectivity index (χ0v) is 22.2. The second kappa shape index (κ2) is 13.8. The van der Waals surface area contributed by atoms with Crippen molar-refractivity contribution in [3.8, 4) is 11.4 Å². The molecule has 4 aromatic rings. The fourth-order valence-electron chi connectivity index (χ4n) is 4.10. The number of amides is 2. The van der Waals surface area contributed by atoms with Crippen LogP contribution in [0.25, 0.3) is 11.4 Å². The summed E-state index contributed by atoms with van der Waals surface area (Å²) >= 11 is 0. The number of hydrogen-bond acceptors (Lipinski definition) is 7. The summed E-state index contributed by atoms with van der Waals surface area (Å²) in [6, 6.07) is 23.5. The number of amidine groups is 1. The second-order valence-corrected chi connectivity index (χ2v) is 9.45. The van der Waals surface area contributed by atoms with Crippen molar-refractivity contribution >= 4 is 17.6 Å². The van der Waals surface area contributed by atoms with E-state index in [0.29, 0.717) is 37.3 Å². The maximum absolute atomic E-state index is 13.3. The third-order valence-electron chi connectivity index (χ3n) is 6.47. The van der Waals surface area contributed by atoms with Gasteiger partial charge in [0.25, 0.3) is 0 Å². The number of tetrazole rings is 1. The van der Waals surface area contributed by atoms with Crippen molar-refractivity contribution in [3.63, 3.8) is 0 Å². The van der Waals surface area contributed by atoms with E-state index in [-0.39, 0.29) is 17.6 Å². The standard InChI is InChI=1S/C29H33N9O2/c1-19(28(39)33-18-22-7-12-23(13-8-22)26(30)31)34-29(40)25(16-11-20-5-3-2-4-6-20)32-17-21-9-14-24(15-10-21)27-35-37-38-36-27/h2-10,12-15,19,25,32H,11,16-18H2,1H3,(H3,30,31)(H,33,39)(H,34,40)(H,35,36,37,38)/t19-,25+/m0/s1. The Morgan fingerprint density at radius 3 is 2.23 bits per heavy atom. The van der Waals surface area contributed by atoms with Gasteiger partial charge in [0.15, 0.2) is 0 Å². The van der Waals surface area contributed by atoms with Crippen LogP contribution in [0.2, 0.25) is 0 Å². The number of nitrogens with zero attached hydrogens (tertiary/aromatic N) is 3. The Morgan fingerprint density at radius 1 is 0.900 bits per heavy atom. The maximum atomic E-state index is 13.3. The number of hydrogen-bond donors (Lipinski definition) is 6. The van der Waals surface area contributed by atoms with Gasteiger partial charge in [-0.05, 0) is 41.7 Å². The van der Waals surface area contributed by atoms with Crippen LogP contribution in [-0.4, -0.2) is 50.4 Å². The van der Waals surface area contributed by atoms with Gasteiger partial charge in [-0.1, -0.05) is 78.9 Å². The predicted molar refractivity (Wildman–Crippen MR) is 152 cm³/mol. The van der Waals surface area contributed by atoms with E-state index in [0.717, 1.165) is 22.3 Å². The molecule has 3 aromatic carbocycles. The maximum Gasteiger partial charge on any atom is 0.242 e. The molecule has 0 aliphatic rings. The lowest BCUT2D eigenvalue weighted by atomic mass is 10.0. The summed E-state index contributed by atoms with van der Waals surface area (Å²) in [6.07, 6.45) is 1.27. The van der Waals surface area contributed by atoms with Gasteiger partial charge in [-0.3, -0.25) is 15.0 Å². The van der Waals surface area contributed by atoms with Crippen molar-refractivity contribution < 1.29 is 9.59 Å². The number of nitrogens with two attached hydrogens (primary N) is 1. The lowest BCUT2D eigenvalue weighted by Gasteiger charge is -2.21. The lowest BCUT2D eigenvalue weighted by molar-refractivity contribution is -0.129. The van der Waals surface area contributed by atoms with Gasteiger partial charge < -0.3 is 21.7 Å². The van der Waals surface area contributed by atoms with E-state index in [9.17, 15) is 9.59 Å². The van der Waals surface area contributed by atoms with Gasteiger partial charge in [0, 0.05) is 24.2 Å². The van der Waals surface area contributed by atoms with Crippen LogP contribution >= 0.6 is 0 Å². The molecule has 0 aliphatic heterocycles. The van der Waals surface area contributed by atoms with Crippen LogP contribution in [0.4, 0.5) is 0 Å². The Kier molecular flexibility index (Phi) is 9.67. The molecule has 1 aromatic heterocycles. The topological polar surface area (TPSA) is 175 Å². The fraction of sp³-hybridized carbons (Fsp3) is 0.241. The highest BCUT2D eigenvalue weighted by molar-refractivity contribution is 5.95. The van der Waals surface area contributed by atoms with E-state index < -0.39 is 12.1 Å². The number of H-pyrrole nitrogens is 1. The van der Waals surface area contributed by atoms with E-state index >= 15 is 0 Å². The number of aryl methyl sites for hydroxylation is 1. The molecule has 4 rings (SSSR count). The van der Waals surface area contributed by atoms with Crippen LogP contribution in [-0.2, 0) is 29.1 Å². The molecule has 40 heavy (non-hydrogen) atoms. The molecule has 11 heteroatoms. The molecular weight excluding hydrogens is 506 g/mol. The normalized spacial score (nSPS) is 12.3. The Morgan fingerprint density at radius 2 is 1.57 bits per heavy atom. The quantitative estimate of drug-likeness (QED) is 0.111. The smallest absolute Gasteiger partial charge is 0.242 e. The first kappa shape index (κ1) is 28.1. The molecule has 0 aliphatic carbocycles. The minimum absolute atomic E-state index is 0.0109. The SMILES string of the molecule is C[C@H](NC(=O)[C@@H](CCc1ccccc1)NCc1ccc(-c2nn[nH]n2)cc1)C(=O)NCc1ccc(C(=N)N)cc1. The van der Waals surface area contributed by atoms with Gasteiger partial charge >= 0.3 is 0 Å². The van der Waals surface area contributed by atoms with Gasteiger partial charge in [-0.15, -0.1) is 10.2 Å². The first-order chi connectivity index (χ1) is 19.4. The van der Waals surface area contributed by atoms with E-state index in [1.165, 1.54) is 0 Å². The van der Waals surface area contributed by atoms with Crippen LogP contribution in [0, 0.1) is 5.41 Å². The summed E-state index contributed by atoms with van der Waals surface area (Å²) in [5.74, 6) is -0.0288. The van der Waals surface area contributed by atoms with E-state index in [4.69, 9.17) is 11.1 Å². The molecule has 2 atom stereocenters. The monoisotopic (exact) mass is 539 g/mol. The number of rotatable bonds is 13. The van der Waals surface area contributed by atoms with Crippen molar-refractivity contribution in [3.05, 3.63) is 101 Å². The molecule has 0 radical (unpaired) electrons. The van der Waals surface area contributed by atoms with Gasteiger partial charge in [0.1, 0.15) is 11.9 Å². The number of nitrogens with one attached hydrogen (secondary N) is 5. The molecular formula is C29H33N9O2. The van der Waals surface area contributed by atoms with Crippen molar-refractivity contribution in [2.45, 2.75) is 44.9 Å². The van der Waals surface area contributed by atoms with E-state index in [2.05, 4.69) is 36.6 Å². The zero-order valence-electron chi connectivity index (χ0n) is 22.2. The molecule has 0 fully saturated rings. The van der Waals surface area contributed by atoms with Gasteiger partial charge in [-0.2, -0.15) is 5.21 Å². The molecule has 0 bridgehead atoms.